The molecule has 0 radical (unpaired) electrons. The number of para-hydroxylation sites is 1. The Morgan fingerprint density at radius 2 is 1.90 bits per heavy atom. The van der Waals surface area contributed by atoms with Gasteiger partial charge < -0.3 is 9.64 Å². The summed E-state index contributed by atoms with van der Waals surface area (Å²) in [5.74, 6) is 0.0649. The SMILES string of the molecule is O=C1COCCCN1CCN1CCCC1c1nc2ccccc2c(=O)n1CC(F)(F)F. The minimum Gasteiger partial charge on any atom is -0.372 e. The number of carbonyl (C=O) groups is 1. The van der Waals surface area contributed by atoms with Crippen molar-refractivity contribution in [1.82, 2.24) is 19.4 Å². The van der Waals surface area contributed by atoms with Gasteiger partial charge in [0, 0.05) is 26.2 Å². The van der Waals surface area contributed by atoms with Crippen molar-refractivity contribution < 1.29 is 22.7 Å². The number of likely N-dealkylation sites (tertiary alicyclic amines) is 1. The van der Waals surface area contributed by atoms with Crippen LogP contribution in [0.1, 0.15) is 31.1 Å². The van der Waals surface area contributed by atoms with Crippen LogP contribution in [0.2, 0.25) is 0 Å². The molecule has 10 heteroatoms. The van der Waals surface area contributed by atoms with E-state index in [9.17, 15) is 22.8 Å². The second-order valence-corrected chi connectivity index (χ2v) is 7.97. The monoisotopic (exact) mass is 438 g/mol. The number of benzene rings is 1. The van der Waals surface area contributed by atoms with E-state index in [1.54, 1.807) is 23.1 Å². The molecule has 168 valence electrons. The van der Waals surface area contributed by atoms with Crippen LogP contribution in [0, 0.1) is 0 Å². The number of aromatic nitrogens is 2. The average Bonchev–Trinajstić information content (AvgIpc) is 3.09. The highest BCUT2D eigenvalue weighted by atomic mass is 19.4. The zero-order valence-corrected chi connectivity index (χ0v) is 17.1. The van der Waals surface area contributed by atoms with Crippen LogP contribution in [0.5, 0.6) is 0 Å². The number of ether oxygens (including phenoxy) is 1. The normalized spacial score (nSPS) is 21.1. The molecular formula is C21H25F3N4O3. The third-order valence-corrected chi connectivity index (χ3v) is 5.84. The van der Waals surface area contributed by atoms with Crippen LogP contribution in [0.25, 0.3) is 10.9 Å². The fourth-order valence-corrected chi connectivity index (χ4v) is 4.38. The van der Waals surface area contributed by atoms with Crippen molar-refractivity contribution in [2.24, 2.45) is 0 Å². The van der Waals surface area contributed by atoms with Crippen LogP contribution >= 0.6 is 0 Å². The highest BCUT2D eigenvalue weighted by molar-refractivity contribution is 5.78. The predicted octanol–water partition coefficient (Wildman–Crippen LogP) is 2.34. The van der Waals surface area contributed by atoms with Gasteiger partial charge >= 0.3 is 6.18 Å². The van der Waals surface area contributed by atoms with Gasteiger partial charge in [-0.05, 0) is 37.9 Å². The Hall–Kier alpha value is -2.46. The summed E-state index contributed by atoms with van der Waals surface area (Å²) in [7, 11) is 0. The lowest BCUT2D eigenvalue weighted by Gasteiger charge is -2.29. The van der Waals surface area contributed by atoms with Crippen molar-refractivity contribution in [2.45, 2.75) is 38.0 Å². The van der Waals surface area contributed by atoms with Crippen molar-refractivity contribution in [2.75, 3.05) is 39.4 Å². The fourth-order valence-electron chi connectivity index (χ4n) is 4.38. The summed E-state index contributed by atoms with van der Waals surface area (Å²) in [6, 6.07) is 6.07. The molecular weight excluding hydrogens is 413 g/mol. The van der Waals surface area contributed by atoms with E-state index < -0.39 is 24.3 Å². The first kappa shape index (κ1) is 21.8. The van der Waals surface area contributed by atoms with E-state index >= 15 is 0 Å². The predicted molar refractivity (Wildman–Crippen MR) is 108 cm³/mol. The number of rotatable bonds is 5. The molecule has 7 nitrogen and oxygen atoms in total. The Morgan fingerprint density at radius 1 is 1.10 bits per heavy atom. The molecule has 0 spiro atoms. The van der Waals surface area contributed by atoms with Crippen molar-refractivity contribution in [3.8, 4) is 0 Å². The first-order valence-electron chi connectivity index (χ1n) is 10.5. The number of halogens is 3. The van der Waals surface area contributed by atoms with Crippen LogP contribution in [0.3, 0.4) is 0 Å². The molecule has 0 N–H and O–H groups in total. The van der Waals surface area contributed by atoms with E-state index in [1.807, 2.05) is 4.90 Å². The molecule has 2 aliphatic rings. The standard InChI is InChI=1S/C21H25F3N4O3/c22-21(23,24)14-28-19(25-16-6-2-1-5-15(16)20(28)30)17-7-3-8-26(17)10-11-27-9-4-12-31-13-18(27)29/h1-2,5-6,17H,3-4,7-14H2. The zero-order chi connectivity index (χ0) is 22.0. The number of alkyl halides is 3. The molecule has 31 heavy (non-hydrogen) atoms. The minimum atomic E-state index is -4.54. The Kier molecular flexibility index (Phi) is 6.29. The van der Waals surface area contributed by atoms with E-state index in [0.29, 0.717) is 44.7 Å². The van der Waals surface area contributed by atoms with Crippen LogP contribution < -0.4 is 5.56 Å². The van der Waals surface area contributed by atoms with E-state index in [1.165, 1.54) is 6.07 Å². The summed E-state index contributed by atoms with van der Waals surface area (Å²) in [5.41, 5.74) is -0.280. The number of hydrogen-bond acceptors (Lipinski definition) is 5. The van der Waals surface area contributed by atoms with Gasteiger partial charge in [-0.25, -0.2) is 4.98 Å². The molecule has 2 aliphatic heterocycles. The molecule has 4 rings (SSSR count). The summed E-state index contributed by atoms with van der Waals surface area (Å²) in [5, 5.41) is 0.176. The molecule has 2 fully saturated rings. The van der Waals surface area contributed by atoms with Gasteiger partial charge in [0.05, 0.1) is 16.9 Å². The minimum absolute atomic E-state index is 0.0563. The molecule has 0 saturated carbocycles. The number of amides is 1. The van der Waals surface area contributed by atoms with E-state index in [4.69, 9.17) is 4.74 Å². The average molecular weight is 438 g/mol. The molecule has 1 amide bonds. The summed E-state index contributed by atoms with van der Waals surface area (Å²) in [6.45, 7) is 1.48. The van der Waals surface area contributed by atoms with Gasteiger partial charge in [-0.3, -0.25) is 19.1 Å². The number of hydrogen-bond donors (Lipinski definition) is 0. The fraction of sp³-hybridized carbons (Fsp3) is 0.571. The Balaban J connectivity index is 1.63. The van der Waals surface area contributed by atoms with Crippen molar-refractivity contribution >= 4 is 16.8 Å². The third kappa shape index (κ3) is 4.90. The third-order valence-electron chi connectivity index (χ3n) is 5.84. The second kappa shape index (κ2) is 8.96. The zero-order valence-electron chi connectivity index (χ0n) is 17.1. The first-order chi connectivity index (χ1) is 14.8. The van der Waals surface area contributed by atoms with Gasteiger partial charge in [-0.15, -0.1) is 0 Å². The van der Waals surface area contributed by atoms with Crippen molar-refractivity contribution in [1.29, 1.82) is 0 Å². The van der Waals surface area contributed by atoms with Crippen LogP contribution in [0.4, 0.5) is 13.2 Å². The van der Waals surface area contributed by atoms with Gasteiger partial charge in [0.1, 0.15) is 19.0 Å². The molecule has 2 aromatic rings. The maximum absolute atomic E-state index is 13.3. The molecule has 3 heterocycles. The molecule has 1 unspecified atom stereocenters. The van der Waals surface area contributed by atoms with E-state index in [2.05, 4.69) is 4.98 Å². The molecule has 0 aliphatic carbocycles. The summed E-state index contributed by atoms with van der Waals surface area (Å²) in [4.78, 5) is 33.3. The van der Waals surface area contributed by atoms with Crippen LogP contribution in [-0.4, -0.2) is 70.8 Å². The largest absolute Gasteiger partial charge is 0.406 e. The van der Waals surface area contributed by atoms with Gasteiger partial charge in [-0.1, -0.05) is 12.1 Å². The van der Waals surface area contributed by atoms with Crippen molar-refractivity contribution in [3.63, 3.8) is 0 Å². The Bertz CT molecular complexity index is 1010. The Labute approximate surface area is 177 Å². The molecule has 0 bridgehead atoms. The highest BCUT2D eigenvalue weighted by Crippen LogP contribution is 2.32. The quantitative estimate of drug-likeness (QED) is 0.717. The molecule has 1 atom stereocenters. The molecule has 1 aromatic carbocycles. The number of carbonyl (C=O) groups excluding carboxylic acids is 1. The van der Waals surface area contributed by atoms with Gasteiger partial charge in [0.15, 0.2) is 0 Å². The summed E-state index contributed by atoms with van der Waals surface area (Å²) in [6.07, 6.45) is -2.38. The Morgan fingerprint density at radius 3 is 2.71 bits per heavy atom. The maximum atomic E-state index is 13.3. The molecule has 2 saturated heterocycles. The topological polar surface area (TPSA) is 67.7 Å². The maximum Gasteiger partial charge on any atom is 0.406 e. The molecule has 1 aromatic heterocycles. The van der Waals surface area contributed by atoms with Gasteiger partial charge in [0.2, 0.25) is 5.91 Å². The van der Waals surface area contributed by atoms with Crippen molar-refractivity contribution in [3.05, 3.63) is 40.4 Å². The lowest BCUT2D eigenvalue weighted by Crippen LogP contribution is -2.41. The first-order valence-corrected chi connectivity index (χ1v) is 10.5. The van der Waals surface area contributed by atoms with E-state index in [0.717, 1.165) is 17.4 Å². The van der Waals surface area contributed by atoms with Gasteiger partial charge in [-0.2, -0.15) is 13.2 Å². The summed E-state index contributed by atoms with van der Waals surface area (Å²) < 4.78 is 45.9. The number of fused-ring (bicyclic) bond motifs is 1. The van der Waals surface area contributed by atoms with Gasteiger partial charge in [0.25, 0.3) is 5.56 Å². The summed E-state index contributed by atoms with van der Waals surface area (Å²) >= 11 is 0. The smallest absolute Gasteiger partial charge is 0.372 e. The van der Waals surface area contributed by atoms with E-state index in [-0.39, 0.29) is 23.7 Å². The van der Waals surface area contributed by atoms with Crippen LogP contribution in [-0.2, 0) is 16.1 Å². The lowest BCUT2D eigenvalue weighted by molar-refractivity contribution is -0.142. The number of nitrogens with zero attached hydrogens (tertiary/aromatic N) is 4. The highest BCUT2D eigenvalue weighted by Gasteiger charge is 2.35. The second-order valence-electron chi connectivity index (χ2n) is 7.97. The lowest BCUT2D eigenvalue weighted by atomic mass is 10.1. The van der Waals surface area contributed by atoms with Crippen LogP contribution in [0.15, 0.2) is 29.1 Å².